The van der Waals surface area contributed by atoms with Crippen molar-refractivity contribution in [1.82, 2.24) is 0 Å². The minimum absolute atomic E-state index is 0.898. The van der Waals surface area contributed by atoms with Crippen molar-refractivity contribution in [2.24, 2.45) is 21.3 Å². The average molecular weight is 329 g/mol. The second kappa shape index (κ2) is 32.8. The molecule has 140 valence electrons. The molecule has 4 heteroatoms. The number of azo groups is 1. The van der Waals surface area contributed by atoms with Crippen molar-refractivity contribution in [3.63, 3.8) is 0 Å². The number of nitrogens with zero attached hydrogens (tertiary/aromatic N) is 3. The minimum Gasteiger partial charge on any atom is -0.210 e. The van der Waals surface area contributed by atoms with Gasteiger partial charge in [0.1, 0.15) is 0 Å². The number of hydrogen-bond acceptors (Lipinski definition) is 4. The molecule has 0 aromatic heterocycles. The summed E-state index contributed by atoms with van der Waals surface area (Å²) in [4.78, 5) is 0. The standard InChI is InChI=1S/C10H20N2.C6H14.C2H6.CH4N2/c1-4-5-6-7-8-10(2)9-12-11-3;1-4-5-6(2)3;1-2;1-3-2/h9H,4-8H2,1-3H3;6H,4-5H2,1-3H3;1-2H3;2H,1H3/b10-9+,12-11?;;;. The Morgan fingerprint density at radius 3 is 1.83 bits per heavy atom. The van der Waals surface area contributed by atoms with E-state index in [-0.39, 0.29) is 0 Å². The highest BCUT2D eigenvalue weighted by molar-refractivity contribution is 4.95. The topological polar surface area (TPSA) is 60.9 Å². The van der Waals surface area contributed by atoms with Gasteiger partial charge in [-0.15, -0.1) is 0 Å². The van der Waals surface area contributed by atoms with Crippen LogP contribution in [-0.2, 0) is 0 Å². The first kappa shape index (κ1) is 29.9. The molecule has 0 aromatic rings. The Kier molecular flexibility index (Phi) is 42.6. The van der Waals surface area contributed by atoms with Crippen LogP contribution in [0.3, 0.4) is 0 Å². The van der Waals surface area contributed by atoms with Gasteiger partial charge in [-0.2, -0.15) is 10.2 Å². The van der Waals surface area contributed by atoms with E-state index in [1.807, 2.05) is 20.0 Å². The minimum atomic E-state index is 0.898. The molecule has 0 aliphatic carbocycles. The highest BCUT2D eigenvalue weighted by Gasteiger charge is 1.90. The van der Waals surface area contributed by atoms with E-state index in [0.29, 0.717) is 0 Å². The van der Waals surface area contributed by atoms with Gasteiger partial charge in [-0.3, -0.25) is 0 Å². The number of allylic oxidation sites excluding steroid dienone is 1. The van der Waals surface area contributed by atoms with Crippen molar-refractivity contribution in [2.75, 3.05) is 14.1 Å². The van der Waals surface area contributed by atoms with Crippen LogP contribution in [0, 0.1) is 11.4 Å². The first-order valence-corrected chi connectivity index (χ1v) is 9.20. The van der Waals surface area contributed by atoms with Crippen LogP contribution in [0.5, 0.6) is 0 Å². The highest BCUT2D eigenvalue weighted by Crippen LogP contribution is 2.09. The molecule has 4 nitrogen and oxygen atoms in total. The van der Waals surface area contributed by atoms with Crippen molar-refractivity contribution in [3.05, 3.63) is 11.8 Å². The van der Waals surface area contributed by atoms with E-state index in [1.165, 1.54) is 57.6 Å². The van der Waals surface area contributed by atoms with Crippen molar-refractivity contribution >= 4 is 0 Å². The van der Waals surface area contributed by atoms with Gasteiger partial charge in [-0.25, -0.2) is 10.6 Å². The molecule has 0 fully saturated rings. The lowest BCUT2D eigenvalue weighted by Gasteiger charge is -1.98. The van der Waals surface area contributed by atoms with Crippen LogP contribution in [0.15, 0.2) is 27.1 Å². The fraction of sp³-hybridized carbons (Fsp3) is 0.895. The molecule has 0 atom stereocenters. The molecular formula is C19H44N4. The summed E-state index contributed by atoms with van der Waals surface area (Å²) < 4.78 is 0. The van der Waals surface area contributed by atoms with Gasteiger partial charge in [0, 0.05) is 20.3 Å². The maximum absolute atomic E-state index is 5.83. The summed E-state index contributed by atoms with van der Waals surface area (Å²) in [5.41, 5.74) is 7.16. The lowest BCUT2D eigenvalue weighted by molar-refractivity contribution is 0.576. The van der Waals surface area contributed by atoms with Crippen LogP contribution in [0.4, 0.5) is 0 Å². The van der Waals surface area contributed by atoms with Crippen LogP contribution in [0.2, 0.25) is 0 Å². The van der Waals surface area contributed by atoms with Crippen LogP contribution in [-0.4, -0.2) is 14.1 Å². The van der Waals surface area contributed by atoms with Crippen molar-refractivity contribution in [3.8, 4) is 0 Å². The summed E-state index contributed by atoms with van der Waals surface area (Å²) in [6, 6.07) is 0. The Hall–Kier alpha value is -1.06. The van der Waals surface area contributed by atoms with E-state index >= 15 is 0 Å². The van der Waals surface area contributed by atoms with E-state index in [0.717, 1.165) is 5.92 Å². The molecule has 23 heavy (non-hydrogen) atoms. The predicted molar refractivity (Wildman–Crippen MR) is 105 cm³/mol. The molecule has 0 saturated carbocycles. The second-order valence-corrected chi connectivity index (χ2v) is 5.51. The maximum Gasteiger partial charge on any atom is 0.0491 e. The first-order valence-electron chi connectivity index (χ1n) is 9.20. The van der Waals surface area contributed by atoms with Crippen LogP contribution < -0.4 is 0 Å². The van der Waals surface area contributed by atoms with Gasteiger partial charge >= 0.3 is 0 Å². The third-order valence-electron chi connectivity index (χ3n) is 2.68. The quantitative estimate of drug-likeness (QED) is 0.346. The van der Waals surface area contributed by atoms with Crippen molar-refractivity contribution in [1.29, 1.82) is 5.53 Å². The molecule has 0 aromatic carbocycles. The Balaban J connectivity index is -0.000000137. The molecule has 1 N–H and O–H groups in total. The zero-order valence-corrected chi connectivity index (χ0v) is 17.4. The molecule has 0 aliphatic heterocycles. The van der Waals surface area contributed by atoms with E-state index < -0.39 is 0 Å². The third-order valence-corrected chi connectivity index (χ3v) is 2.68. The number of rotatable bonds is 8. The molecule has 0 amide bonds. The molecule has 0 saturated heterocycles. The average Bonchev–Trinajstić information content (AvgIpc) is 2.53. The van der Waals surface area contributed by atoms with E-state index in [2.05, 4.69) is 50.0 Å². The zero-order valence-electron chi connectivity index (χ0n) is 17.4. The van der Waals surface area contributed by atoms with Gasteiger partial charge < -0.3 is 0 Å². The molecule has 0 bridgehead atoms. The Bertz CT molecular complexity index is 246. The predicted octanol–water partition coefficient (Wildman–Crippen LogP) is 8.06. The van der Waals surface area contributed by atoms with Gasteiger partial charge in [-0.05, 0) is 25.7 Å². The number of unbranched alkanes of at least 4 members (excludes halogenated alkanes) is 3. The molecule has 0 radical (unpaired) electrons. The number of nitrogens with one attached hydrogen (secondary N) is 1. The second-order valence-electron chi connectivity index (χ2n) is 5.51. The molecule has 0 spiro atoms. The van der Waals surface area contributed by atoms with Crippen molar-refractivity contribution < 1.29 is 0 Å². The summed E-state index contributed by atoms with van der Waals surface area (Å²) in [5.74, 6) is 0.898. The third kappa shape index (κ3) is 52.7. The lowest BCUT2D eigenvalue weighted by Crippen LogP contribution is -1.81. The molecular weight excluding hydrogens is 284 g/mol. The summed E-state index contributed by atoms with van der Waals surface area (Å²) in [5, 5.41) is 10.3. The monoisotopic (exact) mass is 328 g/mol. The van der Waals surface area contributed by atoms with E-state index in [9.17, 15) is 0 Å². The van der Waals surface area contributed by atoms with Crippen molar-refractivity contribution in [2.45, 2.75) is 93.4 Å². The maximum atomic E-state index is 5.83. The summed E-state index contributed by atoms with van der Waals surface area (Å²) in [6.45, 7) is 15.1. The summed E-state index contributed by atoms with van der Waals surface area (Å²) >= 11 is 0. The lowest BCUT2D eigenvalue weighted by atomic mass is 10.1. The summed E-state index contributed by atoms with van der Waals surface area (Å²) in [7, 11) is 3.11. The normalized spacial score (nSPS) is 10.1. The Labute approximate surface area is 146 Å². The molecule has 0 rings (SSSR count). The molecule has 0 heterocycles. The SMILES string of the molecule is CC.CCCC(C)C.CCCCCC/C(C)=C/N=NC.CN=N. The fourth-order valence-electron chi connectivity index (χ4n) is 1.63. The summed E-state index contributed by atoms with van der Waals surface area (Å²) in [6.07, 6.45) is 11.0. The van der Waals surface area contributed by atoms with Crippen LogP contribution >= 0.6 is 0 Å². The molecule has 0 aliphatic rings. The van der Waals surface area contributed by atoms with Gasteiger partial charge in [0.2, 0.25) is 0 Å². The highest BCUT2D eigenvalue weighted by atomic mass is 15.1. The molecule has 0 unspecified atom stereocenters. The van der Waals surface area contributed by atoms with Gasteiger partial charge in [0.15, 0.2) is 0 Å². The number of hydrogen-bond donors (Lipinski definition) is 1. The Morgan fingerprint density at radius 2 is 1.52 bits per heavy atom. The van der Waals surface area contributed by atoms with E-state index in [4.69, 9.17) is 5.53 Å². The van der Waals surface area contributed by atoms with Gasteiger partial charge in [0.05, 0.1) is 0 Å². The van der Waals surface area contributed by atoms with Gasteiger partial charge in [0.25, 0.3) is 0 Å². The van der Waals surface area contributed by atoms with Crippen LogP contribution in [0.1, 0.15) is 93.4 Å². The first-order chi connectivity index (χ1) is 11.0. The largest absolute Gasteiger partial charge is 0.210 e. The smallest absolute Gasteiger partial charge is 0.0491 e. The van der Waals surface area contributed by atoms with E-state index in [1.54, 1.807) is 7.05 Å². The fourth-order valence-corrected chi connectivity index (χ4v) is 1.63. The Morgan fingerprint density at radius 1 is 1.00 bits per heavy atom. The zero-order chi connectivity index (χ0) is 18.9. The van der Waals surface area contributed by atoms with Gasteiger partial charge in [-0.1, -0.05) is 79.2 Å². The van der Waals surface area contributed by atoms with Crippen LogP contribution in [0.25, 0.3) is 0 Å².